The summed E-state index contributed by atoms with van der Waals surface area (Å²) >= 11 is 0. The van der Waals surface area contributed by atoms with Crippen LogP contribution in [0.2, 0.25) is 0 Å². The Morgan fingerprint density at radius 1 is 0.964 bits per heavy atom. The summed E-state index contributed by atoms with van der Waals surface area (Å²) in [4.78, 5) is 24.7. The molecule has 0 saturated carbocycles. The SMILES string of the molecule is C[C@H](NC(=O)Cn1nc2ccccn2c1=O)c1ccc(-c2ccccc2)cc1. The maximum Gasteiger partial charge on any atom is 0.350 e. The number of rotatable bonds is 5. The Kier molecular flexibility index (Phi) is 4.76. The Morgan fingerprint density at radius 2 is 1.64 bits per heavy atom. The highest BCUT2D eigenvalue weighted by atomic mass is 16.2. The summed E-state index contributed by atoms with van der Waals surface area (Å²) in [5, 5.41) is 7.11. The van der Waals surface area contributed by atoms with Gasteiger partial charge < -0.3 is 5.32 Å². The number of hydrogen-bond donors (Lipinski definition) is 1. The van der Waals surface area contributed by atoms with E-state index in [9.17, 15) is 9.59 Å². The number of pyridine rings is 1. The fourth-order valence-electron chi connectivity index (χ4n) is 3.17. The second kappa shape index (κ2) is 7.52. The minimum absolute atomic E-state index is 0.118. The molecule has 0 aliphatic rings. The van der Waals surface area contributed by atoms with Crippen molar-refractivity contribution < 1.29 is 4.79 Å². The minimum atomic E-state index is -0.328. The van der Waals surface area contributed by atoms with Gasteiger partial charge in [-0.2, -0.15) is 0 Å². The molecule has 4 aromatic rings. The van der Waals surface area contributed by atoms with Gasteiger partial charge in [0, 0.05) is 6.20 Å². The van der Waals surface area contributed by atoms with E-state index in [2.05, 4.69) is 22.5 Å². The number of nitrogens with one attached hydrogen (secondary N) is 1. The van der Waals surface area contributed by atoms with E-state index >= 15 is 0 Å². The van der Waals surface area contributed by atoms with Crippen molar-refractivity contribution in [1.29, 1.82) is 0 Å². The summed E-state index contributed by atoms with van der Waals surface area (Å²) in [6.45, 7) is 1.80. The fourth-order valence-corrected chi connectivity index (χ4v) is 3.17. The first-order chi connectivity index (χ1) is 13.6. The van der Waals surface area contributed by atoms with E-state index in [0.717, 1.165) is 16.7 Å². The quantitative estimate of drug-likeness (QED) is 0.585. The van der Waals surface area contributed by atoms with Crippen molar-refractivity contribution >= 4 is 11.6 Å². The summed E-state index contributed by atoms with van der Waals surface area (Å²) in [5.74, 6) is -0.259. The lowest BCUT2D eigenvalue weighted by Gasteiger charge is -2.15. The highest BCUT2D eigenvalue weighted by Crippen LogP contribution is 2.21. The number of carbonyl (C=O) groups excluding carboxylic acids is 1. The molecule has 6 heteroatoms. The molecular weight excluding hydrogens is 352 g/mol. The number of hydrogen-bond acceptors (Lipinski definition) is 3. The van der Waals surface area contributed by atoms with Crippen molar-refractivity contribution in [2.24, 2.45) is 0 Å². The van der Waals surface area contributed by atoms with Crippen molar-refractivity contribution in [3.8, 4) is 11.1 Å². The summed E-state index contributed by atoms with van der Waals surface area (Å²) in [6, 6.07) is 23.3. The topological polar surface area (TPSA) is 68.4 Å². The number of nitrogens with zero attached hydrogens (tertiary/aromatic N) is 3. The molecule has 28 heavy (non-hydrogen) atoms. The molecule has 4 rings (SSSR count). The highest BCUT2D eigenvalue weighted by molar-refractivity contribution is 5.76. The van der Waals surface area contributed by atoms with E-state index in [1.54, 1.807) is 24.4 Å². The normalized spacial score (nSPS) is 12.0. The van der Waals surface area contributed by atoms with Gasteiger partial charge in [0.15, 0.2) is 5.65 Å². The predicted molar refractivity (Wildman–Crippen MR) is 108 cm³/mol. The lowest BCUT2D eigenvalue weighted by atomic mass is 10.0. The molecule has 0 aliphatic heterocycles. The van der Waals surface area contributed by atoms with Gasteiger partial charge in [0.05, 0.1) is 6.04 Å². The lowest BCUT2D eigenvalue weighted by molar-refractivity contribution is -0.122. The molecule has 0 spiro atoms. The molecule has 6 nitrogen and oxygen atoms in total. The minimum Gasteiger partial charge on any atom is -0.348 e. The summed E-state index contributed by atoms with van der Waals surface area (Å²) in [6.07, 6.45) is 1.63. The van der Waals surface area contributed by atoms with Gasteiger partial charge in [-0.3, -0.25) is 9.20 Å². The van der Waals surface area contributed by atoms with Gasteiger partial charge in [0.1, 0.15) is 6.54 Å². The molecular formula is C22H20N4O2. The Morgan fingerprint density at radius 3 is 2.36 bits per heavy atom. The Bertz CT molecular complexity index is 1160. The molecule has 0 bridgehead atoms. The number of fused-ring (bicyclic) bond motifs is 1. The Hall–Kier alpha value is -3.67. The molecule has 0 aliphatic carbocycles. The maximum atomic E-state index is 12.4. The van der Waals surface area contributed by atoms with Crippen LogP contribution in [0.4, 0.5) is 0 Å². The van der Waals surface area contributed by atoms with Crippen molar-refractivity contribution in [2.45, 2.75) is 19.5 Å². The molecule has 0 saturated heterocycles. The van der Waals surface area contributed by atoms with Gasteiger partial charge in [-0.15, -0.1) is 5.10 Å². The van der Waals surface area contributed by atoms with E-state index in [1.807, 2.05) is 49.4 Å². The van der Waals surface area contributed by atoms with E-state index in [1.165, 1.54) is 9.08 Å². The summed E-state index contributed by atoms with van der Waals surface area (Å²) in [5.41, 5.74) is 3.46. The predicted octanol–water partition coefficient (Wildman–Crippen LogP) is 3.04. The van der Waals surface area contributed by atoms with Crippen LogP contribution in [0.1, 0.15) is 18.5 Å². The molecule has 1 N–H and O–H groups in total. The molecule has 2 aromatic heterocycles. The maximum absolute atomic E-state index is 12.4. The Labute approximate surface area is 162 Å². The fraction of sp³-hybridized carbons (Fsp3) is 0.136. The first kappa shape index (κ1) is 17.7. The third kappa shape index (κ3) is 3.57. The van der Waals surface area contributed by atoms with Crippen LogP contribution in [-0.2, 0) is 11.3 Å². The van der Waals surface area contributed by atoms with Crippen LogP contribution in [0, 0.1) is 0 Å². The highest BCUT2D eigenvalue weighted by Gasteiger charge is 2.13. The second-order valence-electron chi connectivity index (χ2n) is 6.65. The van der Waals surface area contributed by atoms with Crippen LogP contribution in [0.15, 0.2) is 83.8 Å². The van der Waals surface area contributed by atoms with Gasteiger partial charge in [-0.25, -0.2) is 9.48 Å². The summed E-state index contributed by atoms with van der Waals surface area (Å²) < 4.78 is 2.59. The smallest absolute Gasteiger partial charge is 0.348 e. The van der Waals surface area contributed by atoms with Crippen molar-refractivity contribution in [1.82, 2.24) is 19.5 Å². The van der Waals surface area contributed by atoms with E-state index in [4.69, 9.17) is 0 Å². The van der Waals surface area contributed by atoms with Crippen LogP contribution in [0.3, 0.4) is 0 Å². The monoisotopic (exact) mass is 372 g/mol. The largest absolute Gasteiger partial charge is 0.350 e. The molecule has 140 valence electrons. The van der Waals surface area contributed by atoms with Crippen LogP contribution < -0.4 is 11.0 Å². The number of carbonyl (C=O) groups is 1. The zero-order valence-electron chi connectivity index (χ0n) is 15.4. The second-order valence-corrected chi connectivity index (χ2v) is 6.65. The van der Waals surface area contributed by atoms with E-state index in [-0.39, 0.29) is 24.2 Å². The average Bonchev–Trinajstić information content (AvgIpc) is 3.04. The van der Waals surface area contributed by atoms with Crippen molar-refractivity contribution in [3.63, 3.8) is 0 Å². The standard InChI is InChI=1S/C22H20N4O2/c1-16(17-10-12-19(13-11-17)18-7-3-2-4-8-18)23-21(27)15-26-22(28)25-14-6-5-9-20(25)24-26/h2-14,16H,15H2,1H3,(H,23,27)/t16-/m0/s1. The van der Waals surface area contributed by atoms with Crippen LogP contribution in [0.5, 0.6) is 0 Å². The average molecular weight is 372 g/mol. The molecule has 1 amide bonds. The molecule has 2 aromatic carbocycles. The number of benzene rings is 2. The zero-order chi connectivity index (χ0) is 19.5. The zero-order valence-corrected chi connectivity index (χ0v) is 15.4. The van der Waals surface area contributed by atoms with Crippen LogP contribution in [0.25, 0.3) is 16.8 Å². The van der Waals surface area contributed by atoms with E-state index in [0.29, 0.717) is 5.65 Å². The molecule has 1 atom stereocenters. The molecule has 0 radical (unpaired) electrons. The van der Waals surface area contributed by atoms with Gasteiger partial charge in [0.2, 0.25) is 5.91 Å². The first-order valence-electron chi connectivity index (χ1n) is 9.11. The molecule has 0 unspecified atom stereocenters. The van der Waals surface area contributed by atoms with Gasteiger partial charge in [0.25, 0.3) is 0 Å². The summed E-state index contributed by atoms with van der Waals surface area (Å²) in [7, 11) is 0. The molecule has 0 fully saturated rings. The lowest BCUT2D eigenvalue weighted by Crippen LogP contribution is -2.34. The van der Waals surface area contributed by atoms with E-state index < -0.39 is 0 Å². The van der Waals surface area contributed by atoms with Gasteiger partial charge >= 0.3 is 5.69 Å². The first-order valence-corrected chi connectivity index (χ1v) is 9.11. The Balaban J connectivity index is 1.44. The third-order valence-electron chi connectivity index (χ3n) is 4.68. The van der Waals surface area contributed by atoms with Gasteiger partial charge in [-0.1, -0.05) is 60.7 Å². The van der Waals surface area contributed by atoms with Crippen molar-refractivity contribution in [2.75, 3.05) is 0 Å². The van der Waals surface area contributed by atoms with Gasteiger partial charge in [-0.05, 0) is 35.7 Å². The number of amides is 1. The molecule has 2 heterocycles. The van der Waals surface area contributed by atoms with Crippen LogP contribution >= 0.6 is 0 Å². The third-order valence-corrected chi connectivity index (χ3v) is 4.68. The van der Waals surface area contributed by atoms with Crippen LogP contribution in [-0.4, -0.2) is 20.1 Å². The van der Waals surface area contributed by atoms with Crippen molar-refractivity contribution in [3.05, 3.63) is 95.0 Å². The number of aromatic nitrogens is 3.